The van der Waals surface area contributed by atoms with Crippen LogP contribution in [0.5, 0.6) is 11.5 Å². The van der Waals surface area contributed by atoms with Crippen LogP contribution in [0.15, 0.2) is 36.4 Å². The minimum Gasteiger partial charge on any atom is -0.461 e. The van der Waals surface area contributed by atoms with Crippen molar-refractivity contribution in [2.45, 2.75) is 30.7 Å². The van der Waals surface area contributed by atoms with Gasteiger partial charge in [0.05, 0.1) is 6.61 Å². The Balaban J connectivity index is 1.91. The van der Waals surface area contributed by atoms with Gasteiger partial charge in [-0.25, -0.2) is 4.79 Å². The van der Waals surface area contributed by atoms with E-state index < -0.39 is 43.4 Å². The van der Waals surface area contributed by atoms with Gasteiger partial charge in [0, 0.05) is 17.8 Å². The van der Waals surface area contributed by atoms with Crippen LogP contribution in [0.4, 0.5) is 4.79 Å². The predicted molar refractivity (Wildman–Crippen MR) is 93.4 cm³/mol. The molecule has 1 aliphatic heterocycles. The highest BCUT2D eigenvalue weighted by atomic mass is 16.7. The van der Waals surface area contributed by atoms with Crippen molar-refractivity contribution in [1.29, 1.82) is 0 Å². The maximum Gasteiger partial charge on any atom is 0.412 e. The van der Waals surface area contributed by atoms with Crippen molar-refractivity contribution in [2.75, 3.05) is 13.7 Å². The van der Waals surface area contributed by atoms with E-state index in [-0.39, 0.29) is 0 Å². The van der Waals surface area contributed by atoms with Crippen molar-refractivity contribution in [3.63, 3.8) is 0 Å². The number of ether oxygens (including phenoxy) is 3. The summed E-state index contributed by atoms with van der Waals surface area (Å²) in [5.74, 6) is 0.616. The van der Waals surface area contributed by atoms with Gasteiger partial charge in [0.1, 0.15) is 35.9 Å². The normalized spacial score (nSPS) is 28.0. The summed E-state index contributed by atoms with van der Waals surface area (Å²) in [5, 5.41) is 42.7. The zero-order valence-corrected chi connectivity index (χ0v) is 14.5. The number of carbonyl (C=O) groups excluding carboxylic acids is 1. The molecule has 27 heavy (non-hydrogen) atoms. The molecule has 9 nitrogen and oxygen atoms in total. The van der Waals surface area contributed by atoms with Crippen molar-refractivity contribution < 1.29 is 39.4 Å². The number of benzene rings is 2. The van der Waals surface area contributed by atoms with Crippen LogP contribution in [-0.4, -0.2) is 70.9 Å². The van der Waals surface area contributed by atoms with E-state index in [9.17, 15) is 25.2 Å². The maximum absolute atomic E-state index is 11.5. The Labute approximate surface area is 154 Å². The molecular weight excluding hydrogens is 358 g/mol. The number of hydrogen-bond donors (Lipinski definition) is 5. The topological polar surface area (TPSA) is 138 Å². The van der Waals surface area contributed by atoms with Gasteiger partial charge >= 0.3 is 6.09 Å². The van der Waals surface area contributed by atoms with E-state index in [1.165, 1.54) is 7.05 Å². The molecule has 0 saturated carbocycles. The first-order chi connectivity index (χ1) is 13.0. The lowest BCUT2D eigenvalue weighted by Gasteiger charge is -2.39. The molecule has 1 saturated heterocycles. The summed E-state index contributed by atoms with van der Waals surface area (Å²) < 4.78 is 16.3. The number of rotatable bonds is 4. The van der Waals surface area contributed by atoms with Gasteiger partial charge in [-0.3, -0.25) is 0 Å². The molecule has 5 atom stereocenters. The molecule has 0 aliphatic carbocycles. The lowest BCUT2D eigenvalue weighted by molar-refractivity contribution is -0.277. The fourth-order valence-corrected chi connectivity index (χ4v) is 2.88. The van der Waals surface area contributed by atoms with E-state index in [1.54, 1.807) is 36.4 Å². The summed E-state index contributed by atoms with van der Waals surface area (Å²) in [5.41, 5.74) is 0. The van der Waals surface area contributed by atoms with Gasteiger partial charge in [-0.1, -0.05) is 24.3 Å². The Bertz CT molecular complexity index is 811. The van der Waals surface area contributed by atoms with E-state index in [1.807, 2.05) is 0 Å². The first-order valence-electron chi connectivity index (χ1n) is 8.34. The van der Waals surface area contributed by atoms with E-state index in [4.69, 9.17) is 14.2 Å². The molecular formula is C18H21NO8. The van der Waals surface area contributed by atoms with Crippen LogP contribution in [0, 0.1) is 0 Å². The van der Waals surface area contributed by atoms with Crippen molar-refractivity contribution in [3.8, 4) is 11.5 Å². The van der Waals surface area contributed by atoms with Crippen LogP contribution in [0.2, 0.25) is 0 Å². The van der Waals surface area contributed by atoms with E-state index in [2.05, 4.69) is 5.32 Å². The largest absolute Gasteiger partial charge is 0.461 e. The Morgan fingerprint density at radius 2 is 1.67 bits per heavy atom. The van der Waals surface area contributed by atoms with Gasteiger partial charge in [0.15, 0.2) is 0 Å². The summed E-state index contributed by atoms with van der Waals surface area (Å²) in [6, 6.07) is 10.0. The standard InChI is InChI=1S/C18H21NO8/c1-19-18(24)27-12-7-3-4-9-10(12)5-2-6-11(9)25-17-16(23)15(22)14(21)13(8-20)26-17/h2-7,13-17,20-23H,8H2,1H3,(H,19,24)/t13-,14+,15+,16-,17-/m0/s1. The molecule has 0 unspecified atom stereocenters. The number of aliphatic hydroxyl groups is 4. The van der Waals surface area contributed by atoms with Crippen LogP contribution in [0.25, 0.3) is 10.8 Å². The second kappa shape index (κ2) is 8.07. The Hall–Kier alpha value is -2.43. The molecule has 0 radical (unpaired) electrons. The molecule has 3 rings (SSSR count). The quantitative estimate of drug-likeness (QED) is 0.490. The summed E-state index contributed by atoms with van der Waals surface area (Å²) in [6.07, 6.45) is -7.54. The lowest BCUT2D eigenvalue weighted by atomic mass is 9.99. The molecule has 2 aromatic rings. The zero-order chi connectivity index (χ0) is 19.6. The highest BCUT2D eigenvalue weighted by Gasteiger charge is 2.44. The average molecular weight is 379 g/mol. The second-order valence-electron chi connectivity index (χ2n) is 6.06. The number of amides is 1. The summed E-state index contributed by atoms with van der Waals surface area (Å²) in [7, 11) is 1.45. The van der Waals surface area contributed by atoms with Crippen LogP contribution in [-0.2, 0) is 4.74 Å². The third-order valence-electron chi connectivity index (χ3n) is 4.34. The van der Waals surface area contributed by atoms with Gasteiger partial charge < -0.3 is 40.0 Å². The van der Waals surface area contributed by atoms with Crippen LogP contribution < -0.4 is 14.8 Å². The monoisotopic (exact) mass is 379 g/mol. The first kappa shape index (κ1) is 19.3. The van der Waals surface area contributed by atoms with Crippen molar-refractivity contribution in [2.24, 2.45) is 0 Å². The molecule has 5 N–H and O–H groups in total. The second-order valence-corrected chi connectivity index (χ2v) is 6.06. The highest BCUT2D eigenvalue weighted by Crippen LogP contribution is 2.34. The molecule has 1 aliphatic rings. The lowest BCUT2D eigenvalue weighted by Crippen LogP contribution is -2.60. The molecule has 0 aromatic heterocycles. The molecule has 1 heterocycles. The molecule has 1 amide bonds. The van der Waals surface area contributed by atoms with Crippen LogP contribution in [0.1, 0.15) is 0 Å². The average Bonchev–Trinajstić information content (AvgIpc) is 2.68. The Morgan fingerprint density at radius 1 is 1.04 bits per heavy atom. The third kappa shape index (κ3) is 3.82. The molecule has 0 bridgehead atoms. The number of aliphatic hydroxyl groups excluding tert-OH is 4. The Kier molecular flexibility index (Phi) is 5.78. The van der Waals surface area contributed by atoms with Crippen LogP contribution in [0.3, 0.4) is 0 Å². The van der Waals surface area contributed by atoms with E-state index >= 15 is 0 Å². The summed E-state index contributed by atoms with van der Waals surface area (Å²) in [4.78, 5) is 11.5. The molecule has 146 valence electrons. The number of fused-ring (bicyclic) bond motifs is 1. The number of carbonyl (C=O) groups is 1. The molecule has 1 fully saturated rings. The van der Waals surface area contributed by atoms with Crippen LogP contribution >= 0.6 is 0 Å². The number of nitrogens with one attached hydrogen (secondary N) is 1. The van der Waals surface area contributed by atoms with Gasteiger partial charge in [0.2, 0.25) is 6.29 Å². The minimum atomic E-state index is -1.54. The molecule has 9 heteroatoms. The van der Waals surface area contributed by atoms with Gasteiger partial charge in [-0.15, -0.1) is 0 Å². The third-order valence-corrected chi connectivity index (χ3v) is 4.34. The van der Waals surface area contributed by atoms with E-state index in [0.717, 1.165) is 0 Å². The summed E-state index contributed by atoms with van der Waals surface area (Å²) in [6.45, 7) is -0.551. The molecule has 2 aromatic carbocycles. The number of hydrogen-bond acceptors (Lipinski definition) is 8. The predicted octanol–water partition coefficient (Wildman–Crippen LogP) is -0.263. The fourth-order valence-electron chi connectivity index (χ4n) is 2.88. The fraction of sp³-hybridized carbons (Fsp3) is 0.389. The molecule has 0 spiro atoms. The first-order valence-corrected chi connectivity index (χ1v) is 8.34. The maximum atomic E-state index is 11.5. The van der Waals surface area contributed by atoms with Crippen molar-refractivity contribution in [3.05, 3.63) is 36.4 Å². The van der Waals surface area contributed by atoms with Gasteiger partial charge in [-0.2, -0.15) is 0 Å². The SMILES string of the molecule is CNC(=O)Oc1cccc2c(O[C@H]3O[C@@H](CO)[C@@H](O)[C@@H](O)[C@@H]3O)cccc12. The van der Waals surface area contributed by atoms with Gasteiger partial charge in [0.25, 0.3) is 0 Å². The minimum absolute atomic E-state index is 0.305. The highest BCUT2D eigenvalue weighted by molar-refractivity contribution is 5.94. The summed E-state index contributed by atoms with van der Waals surface area (Å²) >= 11 is 0. The van der Waals surface area contributed by atoms with Crippen molar-refractivity contribution in [1.82, 2.24) is 5.32 Å². The van der Waals surface area contributed by atoms with Gasteiger partial charge in [-0.05, 0) is 12.1 Å². The zero-order valence-electron chi connectivity index (χ0n) is 14.5. The smallest absolute Gasteiger partial charge is 0.412 e. The van der Waals surface area contributed by atoms with E-state index in [0.29, 0.717) is 22.3 Å². The van der Waals surface area contributed by atoms with Crippen molar-refractivity contribution >= 4 is 16.9 Å². The Morgan fingerprint density at radius 3 is 2.30 bits per heavy atom.